The summed E-state index contributed by atoms with van der Waals surface area (Å²) in [5.74, 6) is 0.0709. The van der Waals surface area contributed by atoms with Crippen LogP contribution in [0.3, 0.4) is 0 Å². The zero-order valence-corrected chi connectivity index (χ0v) is 12.0. The highest BCUT2D eigenvalue weighted by molar-refractivity contribution is 7.09. The molecule has 3 nitrogen and oxygen atoms in total. The molecule has 0 aliphatic heterocycles. The van der Waals surface area contributed by atoms with Gasteiger partial charge < -0.3 is 10.6 Å². The number of nitrogens with two attached hydrogens (primary N) is 1. The highest BCUT2D eigenvalue weighted by Crippen LogP contribution is 2.24. The van der Waals surface area contributed by atoms with Gasteiger partial charge in [0, 0.05) is 29.2 Å². The Morgan fingerprint density at radius 3 is 2.79 bits per heavy atom. The first-order chi connectivity index (χ1) is 9.13. The highest BCUT2D eigenvalue weighted by atomic mass is 32.1. The maximum atomic E-state index is 14.3. The van der Waals surface area contributed by atoms with Crippen molar-refractivity contribution in [3.05, 3.63) is 46.0 Å². The van der Waals surface area contributed by atoms with E-state index in [-0.39, 0.29) is 18.4 Å². The van der Waals surface area contributed by atoms with Gasteiger partial charge >= 0.3 is 0 Å². The molecule has 0 aromatic carbocycles. The molecule has 0 amide bonds. The molecule has 19 heavy (non-hydrogen) atoms. The number of pyridine rings is 1. The number of hydrogen-bond donors (Lipinski definition) is 1. The molecule has 0 aliphatic carbocycles. The summed E-state index contributed by atoms with van der Waals surface area (Å²) < 4.78 is 14.3. The van der Waals surface area contributed by atoms with Gasteiger partial charge in [0.1, 0.15) is 0 Å². The third-order valence-corrected chi connectivity index (χ3v) is 3.83. The molecule has 0 bridgehead atoms. The summed E-state index contributed by atoms with van der Waals surface area (Å²) in [7, 11) is 0. The lowest BCUT2D eigenvalue weighted by Crippen LogP contribution is -2.31. The quantitative estimate of drug-likeness (QED) is 0.914. The average molecular weight is 279 g/mol. The molecule has 0 fully saturated rings. The number of anilines is 1. The molecule has 2 N–H and O–H groups in total. The molecule has 0 unspecified atom stereocenters. The zero-order chi connectivity index (χ0) is 13.8. The Labute approximate surface area is 116 Å². The Morgan fingerprint density at radius 1 is 1.42 bits per heavy atom. The van der Waals surface area contributed by atoms with Gasteiger partial charge in [-0.2, -0.15) is 0 Å². The van der Waals surface area contributed by atoms with Gasteiger partial charge in [0.15, 0.2) is 11.6 Å². The van der Waals surface area contributed by atoms with Gasteiger partial charge in [-0.25, -0.2) is 9.37 Å². The minimum atomic E-state index is -0.310. The highest BCUT2D eigenvalue weighted by Gasteiger charge is 2.19. The normalized spacial score (nSPS) is 11.0. The average Bonchev–Trinajstić information content (AvgIpc) is 2.89. The minimum absolute atomic E-state index is 0.164. The maximum Gasteiger partial charge on any atom is 0.170 e. The molecule has 0 spiro atoms. The molecule has 102 valence electrons. The van der Waals surface area contributed by atoms with Crippen molar-refractivity contribution in [3.63, 3.8) is 0 Å². The third kappa shape index (κ3) is 3.11. The summed E-state index contributed by atoms with van der Waals surface area (Å²) in [6, 6.07) is 5.84. The van der Waals surface area contributed by atoms with Crippen molar-refractivity contribution >= 4 is 17.2 Å². The number of aromatic nitrogens is 1. The van der Waals surface area contributed by atoms with Gasteiger partial charge in [-0.1, -0.05) is 6.07 Å². The van der Waals surface area contributed by atoms with Crippen molar-refractivity contribution in [2.45, 2.75) is 33.0 Å². The summed E-state index contributed by atoms with van der Waals surface area (Å²) in [5.41, 5.74) is 6.05. The fourth-order valence-electron chi connectivity index (χ4n) is 1.90. The Hall–Kier alpha value is -1.46. The first-order valence-electron chi connectivity index (χ1n) is 6.26. The lowest BCUT2D eigenvalue weighted by atomic mass is 10.2. The second kappa shape index (κ2) is 6.12. The van der Waals surface area contributed by atoms with E-state index in [0.29, 0.717) is 17.9 Å². The van der Waals surface area contributed by atoms with Gasteiger partial charge in [-0.15, -0.1) is 11.3 Å². The van der Waals surface area contributed by atoms with Gasteiger partial charge in [0.05, 0.1) is 6.54 Å². The summed E-state index contributed by atoms with van der Waals surface area (Å²) in [4.78, 5) is 7.34. The van der Waals surface area contributed by atoms with Gasteiger partial charge in [0.25, 0.3) is 0 Å². The number of rotatable bonds is 5. The first-order valence-corrected chi connectivity index (χ1v) is 7.14. The fraction of sp³-hybridized carbons (Fsp3) is 0.357. The standard InChI is InChI=1S/C14H18FN3S/c1-10(2)18(9-12-4-3-7-19-12)14-13(15)11(8-16)5-6-17-14/h3-7,10H,8-9,16H2,1-2H3. The van der Waals surface area contributed by atoms with E-state index in [1.165, 1.54) is 4.88 Å². The second-order valence-corrected chi connectivity index (χ2v) is 5.65. The predicted molar refractivity (Wildman–Crippen MR) is 77.7 cm³/mol. The van der Waals surface area contributed by atoms with Crippen molar-refractivity contribution < 1.29 is 4.39 Å². The Kier molecular flexibility index (Phi) is 4.50. The molecule has 0 atom stereocenters. The van der Waals surface area contributed by atoms with E-state index >= 15 is 0 Å². The van der Waals surface area contributed by atoms with Crippen LogP contribution in [-0.4, -0.2) is 11.0 Å². The number of thiophene rings is 1. The molecule has 2 rings (SSSR count). The maximum absolute atomic E-state index is 14.3. The summed E-state index contributed by atoms with van der Waals surface area (Å²) in [6.45, 7) is 4.91. The monoisotopic (exact) mass is 279 g/mol. The van der Waals surface area contributed by atoms with Gasteiger partial charge in [-0.3, -0.25) is 0 Å². The number of halogens is 1. The smallest absolute Gasteiger partial charge is 0.170 e. The van der Waals surface area contributed by atoms with Crippen molar-refractivity contribution in [2.75, 3.05) is 4.90 Å². The number of hydrogen-bond acceptors (Lipinski definition) is 4. The molecule has 0 aliphatic rings. The topological polar surface area (TPSA) is 42.2 Å². The Morgan fingerprint density at radius 2 is 2.21 bits per heavy atom. The van der Waals surface area contributed by atoms with Crippen LogP contribution in [0.25, 0.3) is 0 Å². The second-order valence-electron chi connectivity index (χ2n) is 4.61. The van der Waals surface area contributed by atoms with E-state index in [2.05, 4.69) is 4.98 Å². The van der Waals surface area contributed by atoms with Crippen LogP contribution in [0.5, 0.6) is 0 Å². The zero-order valence-electron chi connectivity index (χ0n) is 11.1. The van der Waals surface area contributed by atoms with Crippen LogP contribution in [0, 0.1) is 5.82 Å². The molecule has 2 aromatic rings. The Balaban J connectivity index is 2.34. The molecule has 5 heteroatoms. The van der Waals surface area contributed by atoms with Crippen molar-refractivity contribution in [1.82, 2.24) is 4.98 Å². The van der Waals surface area contributed by atoms with E-state index in [1.54, 1.807) is 23.6 Å². The predicted octanol–water partition coefficient (Wildman–Crippen LogP) is 3.16. The van der Waals surface area contributed by atoms with Crippen molar-refractivity contribution in [1.29, 1.82) is 0 Å². The minimum Gasteiger partial charge on any atom is -0.347 e. The summed E-state index contributed by atoms with van der Waals surface area (Å²) in [6.07, 6.45) is 1.62. The number of nitrogens with zero attached hydrogens (tertiary/aromatic N) is 2. The summed E-state index contributed by atoms with van der Waals surface area (Å²) in [5, 5.41) is 2.02. The van der Waals surface area contributed by atoms with E-state index < -0.39 is 0 Å². The van der Waals surface area contributed by atoms with E-state index in [1.807, 2.05) is 36.3 Å². The SMILES string of the molecule is CC(C)N(Cc1cccs1)c1nccc(CN)c1F. The van der Waals surface area contributed by atoms with E-state index in [9.17, 15) is 4.39 Å². The van der Waals surface area contributed by atoms with Gasteiger partial charge in [-0.05, 0) is 31.4 Å². The van der Waals surface area contributed by atoms with Crippen LogP contribution >= 0.6 is 11.3 Å². The van der Waals surface area contributed by atoms with E-state index in [0.717, 1.165) is 0 Å². The van der Waals surface area contributed by atoms with Gasteiger partial charge in [0.2, 0.25) is 0 Å². The largest absolute Gasteiger partial charge is 0.347 e. The summed E-state index contributed by atoms with van der Waals surface area (Å²) >= 11 is 1.66. The van der Waals surface area contributed by atoms with Crippen LogP contribution in [0.2, 0.25) is 0 Å². The van der Waals surface area contributed by atoms with Crippen LogP contribution in [0.15, 0.2) is 29.8 Å². The molecular weight excluding hydrogens is 261 g/mol. The van der Waals surface area contributed by atoms with Crippen molar-refractivity contribution in [2.24, 2.45) is 5.73 Å². The van der Waals surface area contributed by atoms with E-state index in [4.69, 9.17) is 5.73 Å². The molecule has 0 saturated carbocycles. The molecule has 0 saturated heterocycles. The fourth-order valence-corrected chi connectivity index (χ4v) is 2.60. The Bertz CT molecular complexity index is 525. The molecule has 2 aromatic heterocycles. The first kappa shape index (κ1) is 14.0. The van der Waals surface area contributed by atoms with Crippen LogP contribution in [0.4, 0.5) is 10.2 Å². The van der Waals surface area contributed by atoms with Crippen LogP contribution < -0.4 is 10.6 Å². The molecular formula is C14H18FN3S. The molecule has 0 radical (unpaired) electrons. The van der Waals surface area contributed by atoms with Crippen molar-refractivity contribution in [3.8, 4) is 0 Å². The lowest BCUT2D eigenvalue weighted by Gasteiger charge is -2.28. The van der Waals surface area contributed by atoms with Crippen LogP contribution in [0.1, 0.15) is 24.3 Å². The third-order valence-electron chi connectivity index (χ3n) is 2.97. The lowest BCUT2D eigenvalue weighted by molar-refractivity contribution is 0.577. The van der Waals surface area contributed by atoms with Crippen LogP contribution in [-0.2, 0) is 13.1 Å². The molecule has 2 heterocycles.